The van der Waals surface area contributed by atoms with Crippen LogP contribution in [-0.4, -0.2) is 41.2 Å². The molecule has 6 nitrogen and oxygen atoms in total. The maximum Gasteiger partial charge on any atom is 0.325 e. The number of amides is 2. The fourth-order valence-corrected chi connectivity index (χ4v) is 2.76. The zero-order valence-corrected chi connectivity index (χ0v) is 11.6. The number of thioether (sulfide) groups is 1. The average Bonchev–Trinajstić information content (AvgIpc) is 2.42. The topological polar surface area (TPSA) is 86.7 Å². The second kappa shape index (κ2) is 5.96. The van der Waals surface area contributed by atoms with Gasteiger partial charge in [-0.25, -0.2) is 0 Å². The van der Waals surface area contributed by atoms with E-state index in [-0.39, 0.29) is 18.2 Å². The summed E-state index contributed by atoms with van der Waals surface area (Å²) in [5, 5.41) is 11.1. The number of para-hydroxylation sites is 1. The number of carboxylic acid groups (broad SMARTS) is 1. The maximum atomic E-state index is 11.9. The van der Waals surface area contributed by atoms with Crippen molar-refractivity contribution >= 4 is 35.2 Å². The summed E-state index contributed by atoms with van der Waals surface area (Å²) in [6.07, 6.45) is 0. The SMILES string of the molecule is C[C@@H](NC(=O)CN1C(=O)CSc2ccccc21)C(=O)O. The number of anilines is 1. The second-order valence-electron chi connectivity index (χ2n) is 4.36. The molecule has 0 bridgehead atoms. The molecule has 2 amide bonds. The Morgan fingerprint density at radius 2 is 2.15 bits per heavy atom. The highest BCUT2D eigenvalue weighted by Crippen LogP contribution is 2.34. The van der Waals surface area contributed by atoms with Crippen molar-refractivity contribution in [3.05, 3.63) is 24.3 Å². The van der Waals surface area contributed by atoms with Gasteiger partial charge in [-0.05, 0) is 19.1 Å². The van der Waals surface area contributed by atoms with Crippen molar-refractivity contribution in [2.75, 3.05) is 17.2 Å². The van der Waals surface area contributed by atoms with Crippen molar-refractivity contribution in [3.8, 4) is 0 Å². The van der Waals surface area contributed by atoms with Crippen molar-refractivity contribution in [1.29, 1.82) is 0 Å². The van der Waals surface area contributed by atoms with E-state index >= 15 is 0 Å². The number of fused-ring (bicyclic) bond motifs is 1. The van der Waals surface area contributed by atoms with Crippen LogP contribution >= 0.6 is 11.8 Å². The summed E-state index contributed by atoms with van der Waals surface area (Å²) in [6.45, 7) is 1.20. The Balaban J connectivity index is 2.11. The summed E-state index contributed by atoms with van der Waals surface area (Å²) in [6, 6.07) is 6.34. The summed E-state index contributed by atoms with van der Waals surface area (Å²) in [7, 11) is 0. The van der Waals surface area contributed by atoms with Crippen molar-refractivity contribution in [2.45, 2.75) is 17.9 Å². The Morgan fingerprint density at radius 1 is 1.45 bits per heavy atom. The van der Waals surface area contributed by atoms with Gasteiger partial charge in [0.05, 0.1) is 11.4 Å². The van der Waals surface area contributed by atoms with Crippen LogP contribution in [0.1, 0.15) is 6.92 Å². The average molecular weight is 294 g/mol. The van der Waals surface area contributed by atoms with E-state index in [1.54, 1.807) is 12.1 Å². The number of aliphatic carboxylic acids is 1. The zero-order chi connectivity index (χ0) is 14.7. The number of benzene rings is 1. The number of hydrogen-bond acceptors (Lipinski definition) is 4. The van der Waals surface area contributed by atoms with Gasteiger partial charge >= 0.3 is 5.97 Å². The third-order valence-corrected chi connectivity index (χ3v) is 3.91. The highest BCUT2D eigenvalue weighted by atomic mass is 32.2. The van der Waals surface area contributed by atoms with Crippen LogP contribution in [0.4, 0.5) is 5.69 Å². The molecule has 7 heteroatoms. The lowest BCUT2D eigenvalue weighted by Gasteiger charge is -2.28. The molecular formula is C13H14N2O4S. The molecule has 0 aliphatic carbocycles. The van der Waals surface area contributed by atoms with Gasteiger partial charge in [-0.3, -0.25) is 14.4 Å². The van der Waals surface area contributed by atoms with E-state index in [1.165, 1.54) is 23.6 Å². The summed E-state index contributed by atoms with van der Waals surface area (Å²) < 4.78 is 0. The van der Waals surface area contributed by atoms with E-state index in [2.05, 4.69) is 5.32 Å². The van der Waals surface area contributed by atoms with Crippen LogP contribution in [0.3, 0.4) is 0 Å². The molecule has 0 fully saturated rings. The predicted octanol–water partition coefficient (Wildman–Crippen LogP) is 0.715. The Hall–Kier alpha value is -2.02. The van der Waals surface area contributed by atoms with Gasteiger partial charge < -0.3 is 15.3 Å². The van der Waals surface area contributed by atoms with E-state index in [0.29, 0.717) is 5.69 Å². The molecule has 1 aromatic rings. The molecule has 20 heavy (non-hydrogen) atoms. The van der Waals surface area contributed by atoms with Gasteiger partial charge in [0.1, 0.15) is 12.6 Å². The van der Waals surface area contributed by atoms with Crippen LogP contribution < -0.4 is 10.2 Å². The number of hydrogen-bond donors (Lipinski definition) is 2. The van der Waals surface area contributed by atoms with Crippen LogP contribution in [0.25, 0.3) is 0 Å². The minimum atomic E-state index is -1.11. The van der Waals surface area contributed by atoms with Crippen molar-refractivity contribution in [2.24, 2.45) is 0 Å². The number of nitrogens with one attached hydrogen (secondary N) is 1. The molecule has 1 aliphatic rings. The lowest BCUT2D eigenvalue weighted by Crippen LogP contribution is -2.47. The zero-order valence-electron chi connectivity index (χ0n) is 10.8. The van der Waals surface area contributed by atoms with Crippen LogP contribution in [0.2, 0.25) is 0 Å². The van der Waals surface area contributed by atoms with Crippen LogP contribution in [-0.2, 0) is 14.4 Å². The van der Waals surface area contributed by atoms with E-state index < -0.39 is 17.9 Å². The van der Waals surface area contributed by atoms with E-state index in [0.717, 1.165) is 4.90 Å². The van der Waals surface area contributed by atoms with Crippen LogP contribution in [0.5, 0.6) is 0 Å². The molecule has 0 spiro atoms. The number of carbonyl (C=O) groups is 3. The first-order chi connectivity index (χ1) is 9.49. The molecule has 1 aromatic carbocycles. The lowest BCUT2D eigenvalue weighted by atomic mass is 10.2. The Labute approximate surface area is 120 Å². The van der Waals surface area contributed by atoms with Gasteiger partial charge in [0, 0.05) is 4.90 Å². The minimum Gasteiger partial charge on any atom is -0.480 e. The molecule has 2 rings (SSSR count). The standard InChI is InChI=1S/C13H14N2O4S/c1-8(13(18)19)14-11(16)6-15-9-4-2-3-5-10(9)20-7-12(15)17/h2-5,8H,6-7H2,1H3,(H,14,16)(H,18,19)/t8-/m1/s1. The Bertz CT molecular complexity index is 561. The Morgan fingerprint density at radius 3 is 2.85 bits per heavy atom. The fourth-order valence-electron chi connectivity index (χ4n) is 1.82. The second-order valence-corrected chi connectivity index (χ2v) is 5.38. The molecule has 0 aromatic heterocycles. The first-order valence-electron chi connectivity index (χ1n) is 6.03. The molecule has 0 saturated heterocycles. The largest absolute Gasteiger partial charge is 0.480 e. The van der Waals surface area contributed by atoms with Gasteiger partial charge in [0.15, 0.2) is 0 Å². The molecule has 106 valence electrons. The van der Waals surface area contributed by atoms with E-state index in [4.69, 9.17) is 5.11 Å². The first-order valence-corrected chi connectivity index (χ1v) is 7.02. The quantitative estimate of drug-likeness (QED) is 0.854. The number of carboxylic acids is 1. The van der Waals surface area contributed by atoms with Crippen LogP contribution in [0.15, 0.2) is 29.2 Å². The monoisotopic (exact) mass is 294 g/mol. The van der Waals surface area contributed by atoms with Gasteiger partial charge in [0.25, 0.3) is 0 Å². The minimum absolute atomic E-state index is 0.160. The molecular weight excluding hydrogens is 280 g/mol. The van der Waals surface area contributed by atoms with Crippen molar-refractivity contribution in [3.63, 3.8) is 0 Å². The highest BCUT2D eigenvalue weighted by Gasteiger charge is 2.27. The molecule has 1 aliphatic heterocycles. The lowest BCUT2D eigenvalue weighted by molar-refractivity contribution is -0.141. The fraction of sp³-hybridized carbons (Fsp3) is 0.308. The molecule has 0 radical (unpaired) electrons. The molecule has 0 unspecified atom stereocenters. The molecule has 0 saturated carbocycles. The summed E-state index contributed by atoms with van der Waals surface area (Å²) in [5.74, 6) is -1.49. The summed E-state index contributed by atoms with van der Waals surface area (Å²) in [4.78, 5) is 36.7. The summed E-state index contributed by atoms with van der Waals surface area (Å²) >= 11 is 1.43. The van der Waals surface area contributed by atoms with Crippen molar-refractivity contribution < 1.29 is 19.5 Å². The summed E-state index contributed by atoms with van der Waals surface area (Å²) in [5.41, 5.74) is 0.687. The Kier molecular flexibility index (Phi) is 4.29. The number of rotatable bonds is 4. The normalized spacial score (nSPS) is 15.4. The van der Waals surface area contributed by atoms with Gasteiger partial charge in [0.2, 0.25) is 11.8 Å². The maximum absolute atomic E-state index is 11.9. The third-order valence-electron chi connectivity index (χ3n) is 2.86. The van der Waals surface area contributed by atoms with Crippen molar-refractivity contribution in [1.82, 2.24) is 5.32 Å². The molecule has 1 atom stereocenters. The van der Waals surface area contributed by atoms with E-state index in [1.807, 2.05) is 12.1 Å². The van der Waals surface area contributed by atoms with Crippen LogP contribution in [0, 0.1) is 0 Å². The third kappa shape index (κ3) is 3.11. The smallest absolute Gasteiger partial charge is 0.325 e. The van der Waals surface area contributed by atoms with Gasteiger partial charge in [-0.1, -0.05) is 12.1 Å². The molecule has 2 N–H and O–H groups in total. The molecule has 1 heterocycles. The highest BCUT2D eigenvalue weighted by molar-refractivity contribution is 8.00. The van der Waals surface area contributed by atoms with Gasteiger partial charge in [-0.15, -0.1) is 11.8 Å². The van der Waals surface area contributed by atoms with E-state index in [9.17, 15) is 14.4 Å². The number of carbonyl (C=O) groups excluding carboxylic acids is 2. The number of nitrogens with zero attached hydrogens (tertiary/aromatic N) is 1. The first kappa shape index (κ1) is 14.4. The predicted molar refractivity (Wildman–Crippen MR) is 74.8 cm³/mol. The van der Waals surface area contributed by atoms with Gasteiger partial charge in [-0.2, -0.15) is 0 Å².